The molecule has 11 heteroatoms. The van der Waals surface area contributed by atoms with Gasteiger partial charge in [0.05, 0.1) is 35.2 Å². The van der Waals surface area contributed by atoms with Crippen LogP contribution in [0.2, 0.25) is 0 Å². The molecule has 1 atom stereocenters. The first kappa shape index (κ1) is 23.5. The predicted octanol–water partition coefficient (Wildman–Crippen LogP) is 2.84. The molecule has 3 heterocycles. The molecule has 0 unspecified atom stereocenters. The van der Waals surface area contributed by atoms with E-state index in [1.807, 2.05) is 4.90 Å². The van der Waals surface area contributed by atoms with Crippen LogP contribution in [0, 0.1) is 5.92 Å². The van der Waals surface area contributed by atoms with Gasteiger partial charge in [0.15, 0.2) is 9.84 Å². The van der Waals surface area contributed by atoms with Crippen molar-refractivity contribution in [2.45, 2.75) is 32.0 Å². The number of amides is 1. The zero-order valence-electron chi connectivity index (χ0n) is 18.1. The molecular weight excluding hydrogens is 457 g/mol. The Bertz CT molecular complexity index is 1190. The van der Waals surface area contributed by atoms with Crippen LogP contribution >= 0.6 is 0 Å². The van der Waals surface area contributed by atoms with Gasteiger partial charge in [-0.2, -0.15) is 13.2 Å². The number of sulfone groups is 1. The van der Waals surface area contributed by atoms with Gasteiger partial charge in [-0.1, -0.05) is 6.92 Å². The quantitative estimate of drug-likeness (QED) is 0.708. The average Bonchev–Trinajstić information content (AvgIpc) is 2.70. The molecule has 2 fully saturated rings. The number of carbonyl (C=O) groups is 1. The molecule has 0 spiro atoms. The van der Waals surface area contributed by atoms with E-state index in [0.717, 1.165) is 18.2 Å². The van der Waals surface area contributed by atoms with Crippen LogP contribution < -0.4 is 10.2 Å². The van der Waals surface area contributed by atoms with Crippen LogP contribution in [0.25, 0.3) is 10.9 Å². The summed E-state index contributed by atoms with van der Waals surface area (Å²) in [5.41, 5.74) is 0.721. The number of alkyl halides is 3. The van der Waals surface area contributed by atoms with Crippen LogP contribution in [-0.2, 0) is 20.8 Å². The normalized spacial score (nSPS) is 22.4. The number of halogens is 3. The van der Waals surface area contributed by atoms with Gasteiger partial charge in [-0.25, -0.2) is 8.42 Å². The van der Waals surface area contributed by atoms with E-state index >= 15 is 0 Å². The van der Waals surface area contributed by atoms with E-state index in [0.29, 0.717) is 24.2 Å². The lowest BCUT2D eigenvalue weighted by molar-refractivity contribution is -0.136. The second-order valence-corrected chi connectivity index (χ2v) is 10.9. The standard InChI is InChI=1S/C22H25F3N4O3S/c1-14-9-15(26-8-6-20(30)28-16-12-33(31,32)13-16)11-29(10-14)19-5-4-18(22(23,24)25)21-17(19)3-2-7-27-21/h2-5,7,14,16H,6,8-13H2,1H3,(H,28,30)/t14-/m0/s1. The summed E-state index contributed by atoms with van der Waals surface area (Å²) in [6.45, 7) is 3.46. The number of benzene rings is 1. The maximum Gasteiger partial charge on any atom is 0.418 e. The smallest absolute Gasteiger partial charge is 0.365 e. The molecule has 2 aliphatic rings. The Balaban J connectivity index is 1.46. The minimum atomic E-state index is -4.49. The number of aromatic nitrogens is 1. The van der Waals surface area contributed by atoms with Crippen molar-refractivity contribution in [3.05, 3.63) is 36.0 Å². The molecule has 33 heavy (non-hydrogen) atoms. The first-order chi connectivity index (χ1) is 15.5. The molecule has 2 aromatic rings. The van der Waals surface area contributed by atoms with Gasteiger partial charge in [0.2, 0.25) is 5.91 Å². The second kappa shape index (κ2) is 8.92. The van der Waals surface area contributed by atoms with Crippen molar-refractivity contribution in [3.63, 3.8) is 0 Å². The topological polar surface area (TPSA) is 91.7 Å². The summed E-state index contributed by atoms with van der Waals surface area (Å²) in [6.07, 6.45) is -2.23. The largest absolute Gasteiger partial charge is 0.418 e. The molecule has 0 radical (unpaired) electrons. The summed E-state index contributed by atoms with van der Waals surface area (Å²) < 4.78 is 62.7. The summed E-state index contributed by atoms with van der Waals surface area (Å²) in [5, 5.41) is 3.13. The molecule has 0 saturated carbocycles. The number of carbonyl (C=O) groups excluding carboxylic acids is 1. The fourth-order valence-corrected chi connectivity index (χ4v) is 5.71. The van der Waals surface area contributed by atoms with E-state index in [9.17, 15) is 26.4 Å². The fourth-order valence-electron chi connectivity index (χ4n) is 4.42. The molecule has 2 saturated heterocycles. The predicted molar refractivity (Wildman–Crippen MR) is 120 cm³/mol. The summed E-state index contributed by atoms with van der Waals surface area (Å²) in [4.78, 5) is 22.6. The monoisotopic (exact) mass is 482 g/mol. The maximum atomic E-state index is 13.4. The average molecular weight is 483 g/mol. The van der Waals surface area contributed by atoms with Crippen LogP contribution in [-0.4, -0.2) is 62.2 Å². The molecule has 178 valence electrons. The van der Waals surface area contributed by atoms with Crippen molar-refractivity contribution in [1.29, 1.82) is 0 Å². The van der Waals surface area contributed by atoms with Crippen molar-refractivity contribution in [3.8, 4) is 0 Å². The van der Waals surface area contributed by atoms with E-state index < -0.39 is 21.6 Å². The van der Waals surface area contributed by atoms with Gasteiger partial charge in [-0.05, 0) is 36.6 Å². The second-order valence-electron chi connectivity index (χ2n) is 8.76. The number of pyridine rings is 1. The van der Waals surface area contributed by atoms with E-state index in [-0.39, 0.29) is 47.9 Å². The van der Waals surface area contributed by atoms with Crippen LogP contribution in [0.3, 0.4) is 0 Å². The summed E-state index contributed by atoms with van der Waals surface area (Å²) in [5.74, 6) is -0.0361. The van der Waals surface area contributed by atoms with E-state index in [1.54, 1.807) is 12.1 Å². The van der Waals surface area contributed by atoms with Crippen molar-refractivity contribution in [2.24, 2.45) is 10.9 Å². The zero-order valence-corrected chi connectivity index (χ0v) is 18.9. The first-order valence-corrected chi connectivity index (χ1v) is 12.6. The summed E-state index contributed by atoms with van der Waals surface area (Å²) in [7, 11) is -2.99. The molecule has 1 aromatic carbocycles. The molecule has 1 N–H and O–H groups in total. The number of piperidine rings is 1. The molecule has 1 amide bonds. The Morgan fingerprint density at radius 2 is 2.03 bits per heavy atom. The third-order valence-electron chi connectivity index (χ3n) is 5.83. The van der Waals surface area contributed by atoms with Gasteiger partial charge in [0, 0.05) is 42.5 Å². The van der Waals surface area contributed by atoms with E-state index in [1.165, 1.54) is 12.3 Å². The van der Waals surface area contributed by atoms with Crippen molar-refractivity contribution in [1.82, 2.24) is 10.3 Å². The Kier molecular flexibility index (Phi) is 6.35. The van der Waals surface area contributed by atoms with Gasteiger partial charge >= 0.3 is 6.18 Å². The highest BCUT2D eigenvalue weighted by atomic mass is 32.2. The van der Waals surface area contributed by atoms with Crippen LogP contribution in [0.4, 0.5) is 18.9 Å². The Hall–Kier alpha value is -2.69. The first-order valence-electron chi connectivity index (χ1n) is 10.7. The van der Waals surface area contributed by atoms with E-state index in [2.05, 4.69) is 22.2 Å². The van der Waals surface area contributed by atoms with Gasteiger partial charge in [0.25, 0.3) is 0 Å². The molecule has 0 bridgehead atoms. The Morgan fingerprint density at radius 1 is 1.27 bits per heavy atom. The minimum Gasteiger partial charge on any atom is -0.365 e. The van der Waals surface area contributed by atoms with Crippen molar-refractivity contribution >= 4 is 38.0 Å². The fraction of sp³-hybridized carbons (Fsp3) is 0.500. The lowest BCUT2D eigenvalue weighted by Gasteiger charge is -2.34. The van der Waals surface area contributed by atoms with Gasteiger partial charge in [-0.15, -0.1) is 0 Å². The van der Waals surface area contributed by atoms with Gasteiger partial charge in [-0.3, -0.25) is 14.8 Å². The van der Waals surface area contributed by atoms with Crippen molar-refractivity contribution in [2.75, 3.05) is 36.0 Å². The Labute approximate surface area is 190 Å². The molecule has 1 aromatic heterocycles. The number of aliphatic imine (C=N–C) groups is 1. The number of rotatable bonds is 5. The lowest BCUT2D eigenvalue weighted by atomic mass is 9.96. The van der Waals surface area contributed by atoms with Crippen LogP contribution in [0.1, 0.15) is 25.3 Å². The van der Waals surface area contributed by atoms with Crippen molar-refractivity contribution < 1.29 is 26.4 Å². The van der Waals surface area contributed by atoms with E-state index in [4.69, 9.17) is 0 Å². The molecule has 7 nitrogen and oxygen atoms in total. The zero-order chi connectivity index (χ0) is 23.8. The van der Waals surface area contributed by atoms with Gasteiger partial charge in [0.1, 0.15) is 0 Å². The maximum absolute atomic E-state index is 13.4. The lowest BCUT2D eigenvalue weighted by Crippen LogP contribution is -2.53. The number of hydrogen-bond acceptors (Lipinski definition) is 6. The molecular formula is C22H25F3N4O3S. The SMILES string of the molecule is C[C@H]1CC(=NCCC(=O)NC2CS(=O)(=O)C2)CN(c2ccc(C(F)(F)F)c3ncccc23)C1. The highest BCUT2D eigenvalue weighted by molar-refractivity contribution is 7.92. The third kappa shape index (κ3) is 5.45. The van der Waals surface area contributed by atoms with Crippen LogP contribution in [0.15, 0.2) is 35.5 Å². The minimum absolute atomic E-state index is 0.0182. The number of nitrogens with one attached hydrogen (secondary N) is 1. The molecule has 4 rings (SSSR count). The number of anilines is 1. The third-order valence-corrected chi connectivity index (χ3v) is 7.65. The van der Waals surface area contributed by atoms with Crippen LogP contribution in [0.5, 0.6) is 0 Å². The van der Waals surface area contributed by atoms with Gasteiger partial charge < -0.3 is 10.2 Å². The number of nitrogens with zero attached hydrogens (tertiary/aromatic N) is 3. The Morgan fingerprint density at radius 3 is 2.73 bits per heavy atom. The highest BCUT2D eigenvalue weighted by Gasteiger charge is 2.35. The number of hydrogen-bond donors (Lipinski definition) is 1. The summed E-state index contributed by atoms with van der Waals surface area (Å²) >= 11 is 0. The molecule has 2 aliphatic heterocycles. The summed E-state index contributed by atoms with van der Waals surface area (Å²) in [6, 6.07) is 5.52. The number of fused-ring (bicyclic) bond motifs is 1. The highest BCUT2D eigenvalue weighted by Crippen LogP contribution is 2.38. The molecule has 0 aliphatic carbocycles.